The number of carbonyl (C=O) groups excluding carboxylic acids is 1. The van der Waals surface area contributed by atoms with E-state index in [-0.39, 0.29) is 11.8 Å². The summed E-state index contributed by atoms with van der Waals surface area (Å²) < 4.78 is 0. The SMILES string of the molecule is CCCC(=NNC(=O)C1CCCCC1)c1ccncc1. The number of nitrogens with one attached hydrogen (secondary N) is 1. The van der Waals surface area contributed by atoms with Crippen LogP contribution >= 0.6 is 0 Å². The first kappa shape index (κ1) is 14.7. The second kappa shape index (κ2) is 7.78. The number of hydrogen-bond donors (Lipinski definition) is 1. The maximum Gasteiger partial charge on any atom is 0.243 e. The molecule has 2 rings (SSSR count). The molecule has 0 unspecified atom stereocenters. The summed E-state index contributed by atoms with van der Waals surface area (Å²) in [6.45, 7) is 2.11. The Morgan fingerprint density at radius 2 is 2.00 bits per heavy atom. The molecule has 0 saturated heterocycles. The number of hydrazone groups is 1. The number of nitrogens with zero attached hydrogens (tertiary/aromatic N) is 2. The summed E-state index contributed by atoms with van der Waals surface area (Å²) in [5.41, 5.74) is 4.73. The molecular formula is C16H23N3O. The van der Waals surface area contributed by atoms with Gasteiger partial charge in [0.2, 0.25) is 5.91 Å². The molecule has 0 aromatic carbocycles. The van der Waals surface area contributed by atoms with E-state index in [2.05, 4.69) is 22.4 Å². The van der Waals surface area contributed by atoms with Gasteiger partial charge in [0.05, 0.1) is 5.71 Å². The van der Waals surface area contributed by atoms with Crippen molar-refractivity contribution in [1.82, 2.24) is 10.4 Å². The Balaban J connectivity index is 2.00. The molecule has 0 bridgehead atoms. The predicted molar refractivity (Wildman–Crippen MR) is 80.4 cm³/mol. The van der Waals surface area contributed by atoms with Crippen LogP contribution in [-0.2, 0) is 4.79 Å². The summed E-state index contributed by atoms with van der Waals surface area (Å²) in [6.07, 6.45) is 10.9. The lowest BCUT2D eigenvalue weighted by atomic mass is 9.89. The predicted octanol–water partition coefficient (Wildman–Crippen LogP) is 3.28. The lowest BCUT2D eigenvalue weighted by Gasteiger charge is -2.19. The zero-order valence-electron chi connectivity index (χ0n) is 12.1. The van der Waals surface area contributed by atoms with Gasteiger partial charge < -0.3 is 0 Å². The van der Waals surface area contributed by atoms with E-state index in [9.17, 15) is 4.79 Å². The van der Waals surface area contributed by atoms with E-state index in [1.54, 1.807) is 12.4 Å². The Bertz CT molecular complexity index is 450. The molecule has 0 atom stereocenters. The fraction of sp³-hybridized carbons (Fsp3) is 0.562. The van der Waals surface area contributed by atoms with Crippen LogP contribution in [0.2, 0.25) is 0 Å². The Kier molecular flexibility index (Phi) is 5.71. The number of pyridine rings is 1. The van der Waals surface area contributed by atoms with Gasteiger partial charge in [0, 0.05) is 23.9 Å². The van der Waals surface area contributed by atoms with Crippen molar-refractivity contribution >= 4 is 11.6 Å². The number of rotatable bonds is 5. The first-order valence-corrected chi connectivity index (χ1v) is 7.58. The Morgan fingerprint density at radius 3 is 2.65 bits per heavy atom. The molecule has 1 heterocycles. The molecule has 1 aromatic heterocycles. The lowest BCUT2D eigenvalue weighted by molar-refractivity contribution is -0.125. The minimum Gasteiger partial charge on any atom is -0.273 e. The summed E-state index contributed by atoms with van der Waals surface area (Å²) in [5, 5.41) is 4.35. The maximum absolute atomic E-state index is 12.1. The van der Waals surface area contributed by atoms with Gasteiger partial charge in [0.15, 0.2) is 0 Å². The van der Waals surface area contributed by atoms with Crippen LogP contribution in [0.1, 0.15) is 57.4 Å². The zero-order valence-corrected chi connectivity index (χ0v) is 12.1. The number of amides is 1. The van der Waals surface area contributed by atoms with Crippen LogP contribution in [0.25, 0.3) is 0 Å². The van der Waals surface area contributed by atoms with Crippen LogP contribution in [0.15, 0.2) is 29.6 Å². The van der Waals surface area contributed by atoms with Gasteiger partial charge in [0.25, 0.3) is 0 Å². The van der Waals surface area contributed by atoms with Gasteiger partial charge in [-0.3, -0.25) is 9.78 Å². The number of aromatic nitrogens is 1. The molecular weight excluding hydrogens is 250 g/mol. The lowest BCUT2D eigenvalue weighted by Crippen LogP contribution is -2.29. The maximum atomic E-state index is 12.1. The molecule has 1 aromatic rings. The normalized spacial score (nSPS) is 16.9. The van der Waals surface area contributed by atoms with E-state index in [0.29, 0.717) is 0 Å². The van der Waals surface area contributed by atoms with E-state index >= 15 is 0 Å². The minimum absolute atomic E-state index is 0.0763. The summed E-state index contributed by atoms with van der Waals surface area (Å²) in [6, 6.07) is 3.86. The third-order valence-electron chi connectivity index (χ3n) is 3.78. The van der Waals surface area contributed by atoms with E-state index < -0.39 is 0 Å². The van der Waals surface area contributed by atoms with Crippen LogP contribution in [0.4, 0.5) is 0 Å². The third-order valence-corrected chi connectivity index (χ3v) is 3.78. The summed E-state index contributed by atoms with van der Waals surface area (Å²) in [5.74, 6) is 0.222. The molecule has 1 saturated carbocycles. The fourth-order valence-corrected chi connectivity index (χ4v) is 2.62. The van der Waals surface area contributed by atoms with Gasteiger partial charge in [0.1, 0.15) is 0 Å². The molecule has 0 radical (unpaired) electrons. The first-order chi connectivity index (χ1) is 9.81. The smallest absolute Gasteiger partial charge is 0.243 e. The molecule has 1 amide bonds. The van der Waals surface area contributed by atoms with Gasteiger partial charge in [-0.15, -0.1) is 0 Å². The van der Waals surface area contributed by atoms with Crippen LogP contribution in [-0.4, -0.2) is 16.6 Å². The van der Waals surface area contributed by atoms with Gasteiger partial charge in [-0.2, -0.15) is 5.10 Å². The van der Waals surface area contributed by atoms with Crippen molar-refractivity contribution in [2.45, 2.75) is 51.9 Å². The highest BCUT2D eigenvalue weighted by atomic mass is 16.2. The highest BCUT2D eigenvalue weighted by molar-refractivity contribution is 6.00. The zero-order chi connectivity index (χ0) is 14.2. The number of carbonyl (C=O) groups is 1. The Morgan fingerprint density at radius 1 is 1.30 bits per heavy atom. The highest BCUT2D eigenvalue weighted by Gasteiger charge is 2.20. The standard InChI is InChI=1S/C16H23N3O/c1-2-6-15(13-9-11-17-12-10-13)18-19-16(20)14-7-4-3-5-8-14/h9-12,14H,2-8H2,1H3,(H,19,20). The van der Waals surface area contributed by atoms with Gasteiger partial charge >= 0.3 is 0 Å². The van der Waals surface area contributed by atoms with Crippen molar-refractivity contribution in [2.24, 2.45) is 11.0 Å². The molecule has 0 spiro atoms. The average Bonchev–Trinajstić information content (AvgIpc) is 2.53. The van der Waals surface area contributed by atoms with Gasteiger partial charge in [-0.25, -0.2) is 5.43 Å². The van der Waals surface area contributed by atoms with Crippen LogP contribution < -0.4 is 5.43 Å². The van der Waals surface area contributed by atoms with Crippen molar-refractivity contribution in [3.8, 4) is 0 Å². The van der Waals surface area contributed by atoms with Crippen LogP contribution in [0.3, 0.4) is 0 Å². The largest absolute Gasteiger partial charge is 0.273 e. The van der Waals surface area contributed by atoms with E-state index in [1.165, 1.54) is 6.42 Å². The first-order valence-electron chi connectivity index (χ1n) is 7.58. The van der Waals surface area contributed by atoms with E-state index in [0.717, 1.165) is 49.8 Å². The molecule has 0 aliphatic heterocycles. The van der Waals surface area contributed by atoms with Crippen molar-refractivity contribution in [3.63, 3.8) is 0 Å². The van der Waals surface area contributed by atoms with Crippen molar-refractivity contribution in [3.05, 3.63) is 30.1 Å². The molecule has 1 N–H and O–H groups in total. The molecule has 20 heavy (non-hydrogen) atoms. The molecule has 4 nitrogen and oxygen atoms in total. The highest BCUT2D eigenvalue weighted by Crippen LogP contribution is 2.23. The van der Waals surface area contributed by atoms with Crippen molar-refractivity contribution in [1.29, 1.82) is 0 Å². The molecule has 1 aliphatic rings. The second-order valence-corrected chi connectivity index (χ2v) is 5.36. The summed E-state index contributed by atoms with van der Waals surface area (Å²) in [4.78, 5) is 16.1. The van der Waals surface area contributed by atoms with Crippen LogP contribution in [0, 0.1) is 5.92 Å². The van der Waals surface area contributed by atoms with Crippen molar-refractivity contribution in [2.75, 3.05) is 0 Å². The van der Waals surface area contributed by atoms with E-state index in [4.69, 9.17) is 0 Å². The van der Waals surface area contributed by atoms with Gasteiger partial charge in [-0.1, -0.05) is 32.6 Å². The fourth-order valence-electron chi connectivity index (χ4n) is 2.62. The average molecular weight is 273 g/mol. The van der Waals surface area contributed by atoms with Crippen molar-refractivity contribution < 1.29 is 4.79 Å². The minimum atomic E-state index is 0.0763. The molecule has 1 aliphatic carbocycles. The number of hydrogen-bond acceptors (Lipinski definition) is 3. The Hall–Kier alpha value is -1.71. The van der Waals surface area contributed by atoms with Crippen LogP contribution in [0.5, 0.6) is 0 Å². The quantitative estimate of drug-likeness (QED) is 0.661. The molecule has 1 fully saturated rings. The van der Waals surface area contributed by atoms with E-state index in [1.807, 2.05) is 12.1 Å². The van der Waals surface area contributed by atoms with Gasteiger partial charge in [-0.05, 0) is 31.4 Å². The summed E-state index contributed by atoms with van der Waals surface area (Å²) >= 11 is 0. The second-order valence-electron chi connectivity index (χ2n) is 5.36. The molecule has 108 valence electrons. The monoisotopic (exact) mass is 273 g/mol. The third kappa shape index (κ3) is 4.15. The Labute approximate surface area is 120 Å². The topological polar surface area (TPSA) is 54.4 Å². The molecule has 4 heteroatoms. The summed E-state index contributed by atoms with van der Waals surface area (Å²) in [7, 11) is 0.